The molecule has 1 amide bonds. The summed E-state index contributed by atoms with van der Waals surface area (Å²) in [4.78, 5) is 12.1. The molecule has 0 unspecified atom stereocenters. The number of benzene rings is 2. The van der Waals surface area contributed by atoms with Crippen LogP contribution in [0.5, 0.6) is 5.75 Å². The van der Waals surface area contributed by atoms with Crippen LogP contribution in [0.1, 0.15) is 25.8 Å². The smallest absolute Gasteiger partial charge is 0.261 e. The second-order valence-corrected chi connectivity index (χ2v) is 5.84. The van der Waals surface area contributed by atoms with Gasteiger partial charge in [0, 0.05) is 0 Å². The molecule has 7 heteroatoms. The first-order valence-corrected chi connectivity index (χ1v) is 8.52. The predicted molar refractivity (Wildman–Crippen MR) is 100 cm³/mol. The summed E-state index contributed by atoms with van der Waals surface area (Å²) in [6, 6.07) is 15.1. The van der Waals surface area contributed by atoms with Crippen molar-refractivity contribution in [3.8, 4) is 5.75 Å². The Balaban J connectivity index is 1.60. The van der Waals surface area contributed by atoms with Crippen molar-refractivity contribution < 1.29 is 9.53 Å². The van der Waals surface area contributed by atoms with Gasteiger partial charge in [-0.1, -0.05) is 24.3 Å². The average molecular weight is 351 g/mol. The van der Waals surface area contributed by atoms with E-state index in [1.54, 1.807) is 4.68 Å². The number of hydrazone groups is 1. The molecule has 0 aliphatic carbocycles. The van der Waals surface area contributed by atoms with Crippen LogP contribution in [-0.2, 0) is 11.3 Å². The van der Waals surface area contributed by atoms with Crippen molar-refractivity contribution in [3.63, 3.8) is 0 Å². The molecule has 0 aliphatic heterocycles. The third kappa shape index (κ3) is 4.24. The van der Waals surface area contributed by atoms with Crippen LogP contribution >= 0.6 is 0 Å². The van der Waals surface area contributed by atoms with Crippen molar-refractivity contribution in [2.75, 3.05) is 6.61 Å². The molecule has 2 aromatic carbocycles. The number of carbonyl (C=O) groups is 1. The lowest BCUT2D eigenvalue weighted by Gasteiger charge is -2.06. The van der Waals surface area contributed by atoms with E-state index < -0.39 is 0 Å². The Morgan fingerprint density at radius 3 is 2.73 bits per heavy atom. The third-order valence-corrected chi connectivity index (χ3v) is 3.81. The molecule has 3 aromatic rings. The molecule has 26 heavy (non-hydrogen) atoms. The van der Waals surface area contributed by atoms with Gasteiger partial charge in [-0.3, -0.25) is 4.79 Å². The molecule has 134 valence electrons. The molecule has 1 aromatic heterocycles. The number of hydrogen-bond donors (Lipinski definition) is 1. The largest absolute Gasteiger partial charge is 0.494 e. The van der Waals surface area contributed by atoms with Crippen LogP contribution in [0.25, 0.3) is 11.0 Å². The predicted octanol–water partition coefficient (Wildman–Crippen LogP) is 2.76. The Labute approximate surface area is 151 Å². The van der Waals surface area contributed by atoms with Crippen molar-refractivity contribution in [2.24, 2.45) is 5.10 Å². The normalized spacial score (nSPS) is 11.5. The first-order chi connectivity index (χ1) is 12.7. The number of aromatic nitrogens is 3. The number of fused-ring (bicyclic) bond motifs is 1. The fourth-order valence-electron chi connectivity index (χ4n) is 2.43. The highest BCUT2D eigenvalue weighted by atomic mass is 16.5. The van der Waals surface area contributed by atoms with E-state index in [0.717, 1.165) is 28.8 Å². The number of hydrogen-bond acceptors (Lipinski definition) is 5. The van der Waals surface area contributed by atoms with Crippen LogP contribution < -0.4 is 10.2 Å². The van der Waals surface area contributed by atoms with Crippen molar-refractivity contribution >= 4 is 22.7 Å². The first kappa shape index (κ1) is 17.6. The van der Waals surface area contributed by atoms with Gasteiger partial charge in [0.25, 0.3) is 5.91 Å². The minimum atomic E-state index is -0.261. The Morgan fingerprint density at radius 2 is 1.96 bits per heavy atom. The first-order valence-electron chi connectivity index (χ1n) is 8.52. The molecular formula is C19H21N5O2. The number of amides is 1. The number of nitrogens with zero attached hydrogens (tertiary/aromatic N) is 4. The molecule has 7 nitrogen and oxygen atoms in total. The standard InChI is InChI=1S/C19H21N5O2/c1-3-12-26-16-10-8-15(9-11-16)14(2)20-22-19(25)13-24-18-7-5-4-6-17(18)21-23-24/h4-11H,3,12-13H2,1-2H3,(H,22,25)/b20-14-. The molecular weight excluding hydrogens is 330 g/mol. The van der Waals surface area contributed by atoms with Gasteiger partial charge < -0.3 is 4.74 Å². The van der Waals surface area contributed by atoms with Gasteiger partial charge in [-0.15, -0.1) is 5.10 Å². The van der Waals surface area contributed by atoms with Crippen molar-refractivity contribution in [2.45, 2.75) is 26.8 Å². The summed E-state index contributed by atoms with van der Waals surface area (Å²) in [6.45, 7) is 4.66. The molecule has 0 saturated carbocycles. The fraction of sp³-hybridized carbons (Fsp3) is 0.263. The zero-order valence-corrected chi connectivity index (χ0v) is 14.8. The van der Waals surface area contributed by atoms with E-state index >= 15 is 0 Å². The van der Waals surface area contributed by atoms with Crippen LogP contribution in [0, 0.1) is 0 Å². The van der Waals surface area contributed by atoms with Crippen molar-refractivity contribution in [3.05, 3.63) is 54.1 Å². The monoisotopic (exact) mass is 351 g/mol. The van der Waals surface area contributed by atoms with Crippen LogP contribution in [0.15, 0.2) is 53.6 Å². The SMILES string of the molecule is CCCOc1ccc(/C(C)=N\NC(=O)Cn2nnc3ccccc32)cc1. The molecule has 3 rings (SSSR count). The van der Waals surface area contributed by atoms with Gasteiger partial charge in [0.15, 0.2) is 0 Å². The number of rotatable bonds is 7. The molecule has 0 bridgehead atoms. The van der Waals surface area contributed by atoms with Crippen LogP contribution in [0.3, 0.4) is 0 Å². The summed E-state index contributed by atoms with van der Waals surface area (Å²) < 4.78 is 7.11. The number of para-hydroxylation sites is 1. The summed E-state index contributed by atoms with van der Waals surface area (Å²) in [5, 5.41) is 12.2. The Bertz CT molecular complexity index is 915. The van der Waals surface area contributed by atoms with Gasteiger partial charge >= 0.3 is 0 Å². The van der Waals surface area contributed by atoms with Crippen LogP contribution in [0.2, 0.25) is 0 Å². The quantitative estimate of drug-likeness (QED) is 0.524. The van der Waals surface area contributed by atoms with Crippen molar-refractivity contribution in [1.29, 1.82) is 0 Å². The third-order valence-electron chi connectivity index (χ3n) is 3.81. The second kappa shape index (κ2) is 8.24. The maximum absolute atomic E-state index is 12.1. The van der Waals surface area contributed by atoms with Crippen molar-refractivity contribution in [1.82, 2.24) is 20.4 Å². The minimum Gasteiger partial charge on any atom is -0.494 e. The lowest BCUT2D eigenvalue weighted by atomic mass is 10.1. The van der Waals surface area contributed by atoms with Gasteiger partial charge in [0.2, 0.25) is 0 Å². The fourth-order valence-corrected chi connectivity index (χ4v) is 2.43. The summed E-state index contributed by atoms with van der Waals surface area (Å²) in [5.41, 5.74) is 5.76. The maximum Gasteiger partial charge on any atom is 0.261 e. The van der Waals surface area contributed by atoms with E-state index in [9.17, 15) is 4.79 Å². The van der Waals surface area contributed by atoms with E-state index in [-0.39, 0.29) is 12.5 Å². The van der Waals surface area contributed by atoms with Crippen LogP contribution in [0.4, 0.5) is 0 Å². The minimum absolute atomic E-state index is 0.0566. The van der Waals surface area contributed by atoms with Gasteiger partial charge in [-0.05, 0) is 55.3 Å². The number of carbonyl (C=O) groups excluding carboxylic acids is 1. The summed E-state index contributed by atoms with van der Waals surface area (Å²) in [6.07, 6.45) is 0.968. The van der Waals surface area contributed by atoms with E-state index in [0.29, 0.717) is 12.3 Å². The zero-order valence-electron chi connectivity index (χ0n) is 14.8. The summed E-state index contributed by atoms with van der Waals surface area (Å²) in [7, 11) is 0. The lowest BCUT2D eigenvalue weighted by Crippen LogP contribution is -2.24. The highest BCUT2D eigenvalue weighted by molar-refractivity contribution is 5.99. The highest BCUT2D eigenvalue weighted by Crippen LogP contribution is 2.13. The maximum atomic E-state index is 12.1. The van der Waals surface area contributed by atoms with Gasteiger partial charge in [-0.25, -0.2) is 10.1 Å². The molecule has 1 heterocycles. The summed E-state index contributed by atoms with van der Waals surface area (Å²) >= 11 is 0. The lowest BCUT2D eigenvalue weighted by molar-refractivity contribution is -0.121. The second-order valence-electron chi connectivity index (χ2n) is 5.84. The van der Waals surface area contributed by atoms with E-state index in [1.165, 1.54) is 0 Å². The van der Waals surface area contributed by atoms with E-state index in [1.807, 2.05) is 55.5 Å². The highest BCUT2D eigenvalue weighted by Gasteiger charge is 2.08. The number of ether oxygens (including phenoxy) is 1. The number of nitrogens with one attached hydrogen (secondary N) is 1. The van der Waals surface area contributed by atoms with E-state index in [2.05, 4.69) is 27.8 Å². The average Bonchev–Trinajstić information content (AvgIpc) is 3.08. The van der Waals surface area contributed by atoms with E-state index in [4.69, 9.17) is 4.74 Å². The van der Waals surface area contributed by atoms with Gasteiger partial charge in [0.1, 0.15) is 17.8 Å². The van der Waals surface area contributed by atoms with Gasteiger partial charge in [-0.2, -0.15) is 5.10 Å². The molecule has 1 N–H and O–H groups in total. The zero-order chi connectivity index (χ0) is 18.4. The Morgan fingerprint density at radius 1 is 1.19 bits per heavy atom. The molecule has 0 atom stereocenters. The molecule has 0 fully saturated rings. The summed E-state index contributed by atoms with van der Waals surface area (Å²) in [5.74, 6) is 0.563. The Hall–Kier alpha value is -3.22. The van der Waals surface area contributed by atoms with Crippen LogP contribution in [-0.4, -0.2) is 33.2 Å². The Kier molecular flexibility index (Phi) is 5.58. The molecule has 0 saturated heterocycles. The molecule has 0 spiro atoms. The molecule has 0 aliphatic rings. The van der Waals surface area contributed by atoms with Gasteiger partial charge in [0.05, 0.1) is 17.8 Å². The molecule has 0 radical (unpaired) electrons. The topological polar surface area (TPSA) is 81.4 Å².